The fourth-order valence-electron chi connectivity index (χ4n) is 8.64. The van der Waals surface area contributed by atoms with Crippen molar-refractivity contribution in [1.82, 2.24) is 55.1 Å². The second kappa shape index (κ2) is 17.8. The molecule has 3 aliphatic heterocycles. The number of fused-ring (bicyclic) bond motifs is 2. The van der Waals surface area contributed by atoms with Gasteiger partial charge in [-0.25, -0.2) is 37.7 Å². The Morgan fingerprint density at radius 2 is 1.47 bits per heavy atom. The summed E-state index contributed by atoms with van der Waals surface area (Å²) in [6.07, 6.45) is 9.25. The maximum Gasteiger partial charge on any atom is 0.254 e. The van der Waals surface area contributed by atoms with Crippen LogP contribution in [0.3, 0.4) is 0 Å². The van der Waals surface area contributed by atoms with Crippen molar-refractivity contribution in [2.75, 3.05) is 71.3 Å². The molecule has 9 heterocycles. The van der Waals surface area contributed by atoms with Crippen molar-refractivity contribution in [2.24, 2.45) is 0 Å². The highest BCUT2D eigenvalue weighted by atomic mass is 19.1. The molecule has 0 aromatic carbocycles. The molecular weight excluding hydrogens is 825 g/mol. The van der Waals surface area contributed by atoms with Crippen LogP contribution in [0, 0.1) is 5.82 Å². The number of hydrogen-bond acceptors (Lipinski definition) is 14. The summed E-state index contributed by atoms with van der Waals surface area (Å²) < 4.78 is 49.7. The smallest absolute Gasteiger partial charge is 0.254 e. The van der Waals surface area contributed by atoms with Gasteiger partial charge in [-0.15, -0.1) is 0 Å². The van der Waals surface area contributed by atoms with E-state index < -0.39 is 17.9 Å². The van der Waals surface area contributed by atoms with Gasteiger partial charge in [0.1, 0.15) is 57.8 Å². The Bertz CT molecular complexity index is 2670. The molecule has 6 aromatic rings. The number of anilines is 2. The number of rotatable bonds is 12. The van der Waals surface area contributed by atoms with E-state index in [-0.39, 0.29) is 29.3 Å². The Balaban J connectivity index is 0.000000151. The van der Waals surface area contributed by atoms with Crippen LogP contribution in [0.15, 0.2) is 42.7 Å². The first-order valence-corrected chi connectivity index (χ1v) is 22.3. The van der Waals surface area contributed by atoms with Gasteiger partial charge in [0.25, 0.3) is 5.91 Å². The summed E-state index contributed by atoms with van der Waals surface area (Å²) in [6, 6.07) is 8.84. The van der Waals surface area contributed by atoms with Crippen LogP contribution in [0.25, 0.3) is 34.1 Å². The molecule has 5 N–H and O–H groups in total. The maximum atomic E-state index is 15.2. The number of carbonyl (C=O) groups excluding carboxylic acids is 1. The highest BCUT2D eigenvalue weighted by molar-refractivity contribution is 5.99. The van der Waals surface area contributed by atoms with Gasteiger partial charge < -0.3 is 40.8 Å². The van der Waals surface area contributed by atoms with Crippen LogP contribution in [0.5, 0.6) is 11.5 Å². The van der Waals surface area contributed by atoms with Crippen molar-refractivity contribution in [1.29, 1.82) is 0 Å². The fourth-order valence-corrected chi connectivity index (χ4v) is 8.64. The molecule has 0 bridgehead atoms. The number of halogens is 2. The van der Waals surface area contributed by atoms with Crippen LogP contribution in [-0.4, -0.2) is 124 Å². The Morgan fingerprint density at radius 3 is 2.06 bits per heavy atom. The minimum absolute atomic E-state index is 0.0934. The number of alkyl halides is 1. The van der Waals surface area contributed by atoms with Crippen LogP contribution in [0.2, 0.25) is 0 Å². The molecule has 5 fully saturated rings. The number of ether oxygens (including phenoxy) is 3. The van der Waals surface area contributed by atoms with Crippen LogP contribution < -0.4 is 36.1 Å². The van der Waals surface area contributed by atoms with E-state index in [9.17, 15) is 9.18 Å². The second-order valence-corrected chi connectivity index (χ2v) is 17.2. The van der Waals surface area contributed by atoms with Crippen molar-refractivity contribution >= 4 is 28.8 Å². The van der Waals surface area contributed by atoms with E-state index in [2.05, 4.69) is 47.6 Å². The number of methoxy groups -OCH3 is 2. The highest BCUT2D eigenvalue weighted by Gasteiger charge is 2.33. The molecule has 0 spiro atoms. The van der Waals surface area contributed by atoms with Crippen LogP contribution in [-0.2, 0) is 4.74 Å². The molecule has 3 saturated heterocycles. The van der Waals surface area contributed by atoms with E-state index in [0.717, 1.165) is 91.5 Å². The number of carbonyl (C=O) groups is 1. The summed E-state index contributed by atoms with van der Waals surface area (Å²) in [4.78, 5) is 30.8. The van der Waals surface area contributed by atoms with Crippen LogP contribution >= 0.6 is 0 Å². The average molecular weight is 878 g/mol. The monoisotopic (exact) mass is 877 g/mol. The van der Waals surface area contributed by atoms with Gasteiger partial charge in [0, 0.05) is 61.6 Å². The third kappa shape index (κ3) is 8.38. The fraction of sp³-hybridized carbons (Fsp3) is 0.489. The number of amides is 1. The minimum Gasteiger partial charge on any atom is -0.495 e. The lowest BCUT2D eigenvalue weighted by Gasteiger charge is -2.32. The lowest BCUT2D eigenvalue weighted by atomic mass is 9.96. The van der Waals surface area contributed by atoms with Crippen LogP contribution in [0.1, 0.15) is 90.0 Å². The molecule has 336 valence electrons. The number of nitrogens with zero attached hydrogens (tertiary/aromatic N) is 8. The topological polar surface area (TPSA) is 191 Å². The highest BCUT2D eigenvalue weighted by Crippen LogP contribution is 2.45. The molecule has 1 amide bonds. The predicted octanol–water partition coefficient (Wildman–Crippen LogP) is 5.24. The number of pyridine rings is 2. The number of nitrogens with one attached hydrogen (secondary N) is 5. The summed E-state index contributed by atoms with van der Waals surface area (Å²) in [6.45, 7) is 4.33. The first-order valence-electron chi connectivity index (χ1n) is 22.3. The molecule has 6 aromatic heterocycles. The van der Waals surface area contributed by atoms with E-state index in [1.807, 2.05) is 22.7 Å². The number of aromatic nitrogens is 8. The zero-order chi connectivity index (χ0) is 43.9. The number of imidazole rings is 2. The predicted molar refractivity (Wildman–Crippen MR) is 236 cm³/mol. The third-order valence-electron chi connectivity index (χ3n) is 12.7. The van der Waals surface area contributed by atoms with Gasteiger partial charge in [-0.2, -0.15) is 10.2 Å². The Labute approximate surface area is 368 Å². The Kier molecular flexibility index (Phi) is 11.7. The van der Waals surface area contributed by atoms with E-state index in [0.29, 0.717) is 73.1 Å². The third-order valence-corrected chi connectivity index (χ3v) is 12.7. The molecule has 0 radical (unpaired) electrons. The van der Waals surface area contributed by atoms with Crippen molar-refractivity contribution in [3.63, 3.8) is 0 Å². The summed E-state index contributed by atoms with van der Waals surface area (Å²) in [7, 11) is 4.80. The van der Waals surface area contributed by atoms with E-state index in [4.69, 9.17) is 29.4 Å². The molecule has 3 atom stereocenters. The van der Waals surface area contributed by atoms with Gasteiger partial charge in [0.05, 0.1) is 57.1 Å². The first-order chi connectivity index (χ1) is 31.3. The molecule has 5 aliphatic rings. The zero-order valence-corrected chi connectivity index (χ0v) is 36.2. The molecule has 11 rings (SSSR count). The Morgan fingerprint density at radius 1 is 0.797 bits per heavy atom. The molecule has 17 nitrogen and oxygen atoms in total. The maximum absolute atomic E-state index is 15.2. The van der Waals surface area contributed by atoms with Gasteiger partial charge in [-0.1, -0.05) is 6.07 Å². The largest absolute Gasteiger partial charge is 0.495 e. The van der Waals surface area contributed by atoms with E-state index in [1.54, 1.807) is 31.1 Å². The van der Waals surface area contributed by atoms with Crippen molar-refractivity contribution in [3.05, 3.63) is 71.1 Å². The number of piperidine rings is 2. The van der Waals surface area contributed by atoms with E-state index in [1.165, 1.54) is 13.1 Å². The standard InChI is InChI=1S/C23H27FN6O2.C22H26FN7O2/c1-31-20-8-21-26-10-19(30(21)29-22(20)13-2-3-13)17-5-4-15(14-11-32-12-14)23(27-17)28-18-9-25-7-6-16(18)24;1-24-22(31)14-8-15(23)20(28-21(14)27-13-4-3-7-25-10-13)16-11-26-18-9-17(32-2)19(12-5-6-12)29-30(16)18/h4-5,8,10,13-14,16,18,25H,2-3,6-7,9,11-12H2,1H3,(H,27,28);8-9,11-13,25H,3-7,10H2,1-2H3,(H,24,31)(H,27,28). The molecule has 2 aliphatic carbocycles. The molecular formula is C45H53F2N13O4. The van der Waals surface area contributed by atoms with Crippen molar-refractivity contribution < 1.29 is 27.8 Å². The SMILES string of the molecule is CNC(=O)c1cc(F)c(-c2cnc3cc(OC)c(C4CC4)nn23)nc1NC1CCCNC1.COc1cc2ncc(-c3ccc(C4COC4)c(NC4CNCCC4F)n3)n2nc1C1CC1. The van der Waals surface area contributed by atoms with Gasteiger partial charge in [-0.05, 0) is 70.2 Å². The van der Waals surface area contributed by atoms with E-state index >= 15 is 4.39 Å². The summed E-state index contributed by atoms with van der Waals surface area (Å²) in [5.41, 5.74) is 6.39. The van der Waals surface area contributed by atoms with Gasteiger partial charge in [0.2, 0.25) is 0 Å². The molecule has 3 unspecified atom stereocenters. The first kappa shape index (κ1) is 41.9. The van der Waals surface area contributed by atoms with Crippen LogP contribution in [0.4, 0.5) is 20.4 Å². The number of hydrogen-bond donors (Lipinski definition) is 5. The Hall–Kier alpha value is -6.05. The normalized spacial score (nSPS) is 21.2. The van der Waals surface area contributed by atoms with Gasteiger partial charge in [-0.3, -0.25) is 4.79 Å². The quantitative estimate of drug-likeness (QED) is 0.107. The van der Waals surface area contributed by atoms with Crippen molar-refractivity contribution in [3.8, 4) is 34.3 Å². The molecule has 19 heteroatoms. The summed E-state index contributed by atoms with van der Waals surface area (Å²) >= 11 is 0. The summed E-state index contributed by atoms with van der Waals surface area (Å²) in [5, 5.41) is 25.5. The lowest BCUT2D eigenvalue weighted by Crippen LogP contribution is -2.46. The van der Waals surface area contributed by atoms with Crippen molar-refractivity contribution in [2.45, 2.75) is 81.0 Å². The molecule has 64 heavy (non-hydrogen) atoms. The average Bonchev–Trinajstić information content (AvgIpc) is 4.25. The summed E-state index contributed by atoms with van der Waals surface area (Å²) in [5.74, 6) is 2.59. The lowest BCUT2D eigenvalue weighted by molar-refractivity contribution is 0.00855. The minimum atomic E-state index is -0.904. The zero-order valence-electron chi connectivity index (χ0n) is 36.2. The molecule has 2 saturated carbocycles. The van der Waals surface area contributed by atoms with Gasteiger partial charge in [0.15, 0.2) is 17.1 Å². The second-order valence-electron chi connectivity index (χ2n) is 17.2. The van der Waals surface area contributed by atoms with Gasteiger partial charge >= 0.3 is 0 Å².